The van der Waals surface area contributed by atoms with Gasteiger partial charge in [0.2, 0.25) is 10.0 Å². The largest absolute Gasteiger partial charge is 0.395 e. The number of carbonyl (C=O) groups is 1. The van der Waals surface area contributed by atoms with E-state index in [2.05, 4.69) is 31.0 Å². The Balaban J connectivity index is 2.05. The van der Waals surface area contributed by atoms with Gasteiger partial charge in [-0.1, -0.05) is 35.2 Å². The lowest BCUT2D eigenvalue weighted by Crippen LogP contribution is -2.37. The van der Waals surface area contributed by atoms with Crippen LogP contribution in [0, 0.1) is 0 Å². The van der Waals surface area contributed by atoms with Crippen molar-refractivity contribution in [2.45, 2.75) is 43.0 Å². The second-order valence-corrected chi connectivity index (χ2v) is 9.02. The summed E-state index contributed by atoms with van der Waals surface area (Å²) in [5.74, 6) is -0.560. The van der Waals surface area contributed by atoms with Crippen LogP contribution in [0.3, 0.4) is 0 Å². The van der Waals surface area contributed by atoms with Crippen LogP contribution in [0.5, 0.6) is 0 Å². The lowest BCUT2D eigenvalue weighted by Gasteiger charge is -2.22. The summed E-state index contributed by atoms with van der Waals surface area (Å²) < 4.78 is 29.7. The quantitative estimate of drug-likeness (QED) is 0.548. The third-order valence-corrected chi connectivity index (χ3v) is 6.63. The molecule has 0 saturated heterocycles. The van der Waals surface area contributed by atoms with Crippen LogP contribution in [0.4, 0.5) is 0 Å². The van der Waals surface area contributed by atoms with Crippen LogP contribution in [0.1, 0.15) is 42.6 Å². The topological polar surface area (TPSA) is 111 Å². The normalized spacial score (nSPS) is 16.1. The fraction of sp³-hybridized carbons (Fsp3) is 0.471. The van der Waals surface area contributed by atoms with Gasteiger partial charge in [0.15, 0.2) is 0 Å². The molecule has 142 valence electrons. The fourth-order valence-electron chi connectivity index (χ4n) is 3.34. The van der Waals surface area contributed by atoms with Gasteiger partial charge in [-0.15, -0.1) is 0 Å². The third-order valence-electron chi connectivity index (χ3n) is 4.53. The highest BCUT2D eigenvalue weighted by Crippen LogP contribution is 2.30. The number of nitrogens with one attached hydrogen (secondary N) is 3. The minimum absolute atomic E-state index is 0.0186. The molecule has 0 spiro atoms. The molecule has 1 aliphatic rings. The monoisotopic (exact) mass is 443 g/mol. The van der Waals surface area contributed by atoms with E-state index in [-0.39, 0.29) is 29.8 Å². The highest BCUT2D eigenvalue weighted by Gasteiger charge is 2.30. The Morgan fingerprint density at radius 3 is 2.69 bits per heavy atom. The Kier molecular flexibility index (Phi) is 6.01. The number of hydrogen-bond donors (Lipinski definition) is 4. The fourth-order valence-corrected chi connectivity index (χ4v) is 5.36. The number of amides is 1. The van der Waals surface area contributed by atoms with Crippen LogP contribution >= 0.6 is 15.9 Å². The lowest BCUT2D eigenvalue weighted by molar-refractivity contribution is 0.0937. The summed E-state index contributed by atoms with van der Waals surface area (Å²) in [6.07, 6.45) is 4.72. The molecule has 2 aromatic rings. The van der Waals surface area contributed by atoms with Crippen molar-refractivity contribution in [2.24, 2.45) is 0 Å². The smallest absolute Gasteiger partial charge is 0.269 e. The average Bonchev–Trinajstić information content (AvgIpc) is 2.99. The van der Waals surface area contributed by atoms with Crippen LogP contribution in [-0.4, -0.2) is 43.6 Å². The van der Waals surface area contributed by atoms with Gasteiger partial charge >= 0.3 is 0 Å². The number of aromatic amines is 1. The molecule has 0 radical (unpaired) electrons. The summed E-state index contributed by atoms with van der Waals surface area (Å²) in [6.45, 7) is -0.173. The van der Waals surface area contributed by atoms with Gasteiger partial charge in [-0.25, -0.2) is 13.1 Å². The van der Waals surface area contributed by atoms with Gasteiger partial charge in [0.1, 0.15) is 10.6 Å². The van der Waals surface area contributed by atoms with E-state index in [1.54, 1.807) is 18.2 Å². The van der Waals surface area contributed by atoms with Gasteiger partial charge < -0.3 is 15.4 Å². The van der Waals surface area contributed by atoms with Gasteiger partial charge in [0.05, 0.1) is 6.61 Å². The molecule has 0 unspecified atom stereocenters. The molecule has 1 aromatic carbocycles. The van der Waals surface area contributed by atoms with E-state index in [1.165, 1.54) is 0 Å². The van der Waals surface area contributed by atoms with Crippen molar-refractivity contribution >= 4 is 42.8 Å². The Morgan fingerprint density at radius 2 is 2.00 bits per heavy atom. The molecule has 1 fully saturated rings. The number of aliphatic hydroxyl groups is 1. The zero-order valence-electron chi connectivity index (χ0n) is 14.2. The zero-order valence-corrected chi connectivity index (χ0v) is 16.6. The van der Waals surface area contributed by atoms with Gasteiger partial charge in [-0.05, 0) is 31.0 Å². The maximum Gasteiger partial charge on any atom is 0.269 e. The van der Waals surface area contributed by atoms with E-state index in [9.17, 15) is 13.2 Å². The van der Waals surface area contributed by atoms with Crippen LogP contribution < -0.4 is 10.0 Å². The van der Waals surface area contributed by atoms with Crippen LogP contribution in [0.15, 0.2) is 27.6 Å². The summed E-state index contributed by atoms with van der Waals surface area (Å²) in [7, 11) is -3.89. The van der Waals surface area contributed by atoms with Gasteiger partial charge in [0, 0.05) is 28.0 Å². The molecule has 9 heteroatoms. The van der Waals surface area contributed by atoms with E-state index < -0.39 is 15.9 Å². The maximum absolute atomic E-state index is 13.1. The van der Waals surface area contributed by atoms with E-state index in [0.717, 1.165) is 36.6 Å². The van der Waals surface area contributed by atoms with Crippen molar-refractivity contribution < 1.29 is 18.3 Å². The van der Waals surface area contributed by atoms with E-state index in [1.807, 2.05) is 0 Å². The summed E-state index contributed by atoms with van der Waals surface area (Å²) in [6, 6.07) is 5.07. The van der Waals surface area contributed by atoms with Crippen molar-refractivity contribution in [3.63, 3.8) is 0 Å². The highest BCUT2D eigenvalue weighted by atomic mass is 79.9. The number of rotatable bonds is 6. The molecule has 0 bridgehead atoms. The molecule has 1 saturated carbocycles. The van der Waals surface area contributed by atoms with Crippen LogP contribution in [0.25, 0.3) is 10.9 Å². The molecule has 1 aliphatic carbocycles. The minimum Gasteiger partial charge on any atom is -0.395 e. The molecule has 7 nitrogen and oxygen atoms in total. The standard InChI is InChI=1S/C17H22BrN3O4S/c18-11-6-7-14-13(10-11)16(15(20-14)17(23)19-8-9-22)26(24,25)21-12-4-2-1-3-5-12/h6-7,10,12,20-22H,1-5,8-9H2,(H,19,23). The van der Waals surface area contributed by atoms with Crippen molar-refractivity contribution in [3.8, 4) is 0 Å². The molecule has 1 aromatic heterocycles. The molecule has 4 N–H and O–H groups in total. The first-order chi connectivity index (χ1) is 12.4. The Morgan fingerprint density at radius 1 is 1.27 bits per heavy atom. The van der Waals surface area contributed by atoms with Gasteiger partial charge in [-0.2, -0.15) is 0 Å². The zero-order chi connectivity index (χ0) is 18.7. The van der Waals surface area contributed by atoms with Crippen LogP contribution in [0.2, 0.25) is 0 Å². The Bertz CT molecular complexity index is 904. The first kappa shape index (κ1) is 19.3. The molecular formula is C17H22BrN3O4S. The summed E-state index contributed by atoms with van der Waals surface area (Å²) >= 11 is 3.36. The van der Waals surface area contributed by atoms with E-state index in [4.69, 9.17) is 5.11 Å². The number of halogens is 1. The van der Waals surface area contributed by atoms with Crippen molar-refractivity contribution in [3.05, 3.63) is 28.4 Å². The number of H-pyrrole nitrogens is 1. The predicted molar refractivity (Wildman–Crippen MR) is 103 cm³/mol. The maximum atomic E-state index is 13.1. The highest BCUT2D eigenvalue weighted by molar-refractivity contribution is 9.10. The second kappa shape index (κ2) is 8.08. The van der Waals surface area contributed by atoms with Crippen molar-refractivity contribution in [1.29, 1.82) is 0 Å². The van der Waals surface area contributed by atoms with Crippen molar-refractivity contribution in [2.75, 3.05) is 13.2 Å². The first-order valence-electron chi connectivity index (χ1n) is 8.65. The predicted octanol–water partition coefficient (Wildman–Crippen LogP) is 2.26. The molecule has 1 heterocycles. The number of benzene rings is 1. The number of aliphatic hydroxyl groups excluding tert-OH is 1. The minimum atomic E-state index is -3.89. The first-order valence-corrected chi connectivity index (χ1v) is 10.9. The molecule has 26 heavy (non-hydrogen) atoms. The number of aromatic nitrogens is 1. The molecule has 3 rings (SSSR count). The summed E-state index contributed by atoms with van der Waals surface area (Å²) in [5.41, 5.74) is 0.543. The van der Waals surface area contributed by atoms with E-state index >= 15 is 0 Å². The number of hydrogen-bond acceptors (Lipinski definition) is 4. The van der Waals surface area contributed by atoms with Crippen molar-refractivity contribution in [1.82, 2.24) is 15.0 Å². The van der Waals surface area contributed by atoms with Gasteiger partial charge in [-0.3, -0.25) is 4.79 Å². The molecule has 0 aliphatic heterocycles. The number of sulfonamides is 1. The lowest BCUT2D eigenvalue weighted by atomic mass is 9.96. The van der Waals surface area contributed by atoms with Gasteiger partial charge in [0.25, 0.3) is 5.91 Å². The molecule has 0 atom stereocenters. The van der Waals surface area contributed by atoms with Crippen LogP contribution in [-0.2, 0) is 10.0 Å². The number of carbonyl (C=O) groups excluding carboxylic acids is 1. The summed E-state index contributed by atoms with van der Waals surface area (Å²) in [4.78, 5) is 15.3. The second-order valence-electron chi connectivity index (χ2n) is 6.45. The number of fused-ring (bicyclic) bond motifs is 1. The summed E-state index contributed by atoms with van der Waals surface area (Å²) in [5, 5.41) is 11.9. The SMILES string of the molecule is O=C(NCCO)c1[nH]c2ccc(Br)cc2c1S(=O)(=O)NC1CCCCC1. The molecule has 1 amide bonds. The Hall–Kier alpha value is -1.42. The average molecular weight is 444 g/mol. The third kappa shape index (κ3) is 4.11. The molecular weight excluding hydrogens is 422 g/mol. The Labute approximate surface area is 160 Å². The van der Waals surface area contributed by atoms with E-state index in [0.29, 0.717) is 10.9 Å².